The average Bonchev–Trinajstić information content (AvgIpc) is 2.60. The summed E-state index contributed by atoms with van der Waals surface area (Å²) in [6, 6.07) is 16.1. The minimum Gasteiger partial charge on any atom is -0.477 e. The Labute approximate surface area is 129 Å². The van der Waals surface area contributed by atoms with Crippen molar-refractivity contribution in [3.8, 4) is 5.75 Å². The first kappa shape index (κ1) is 13.2. The highest BCUT2D eigenvalue weighted by Crippen LogP contribution is 2.29. The zero-order valence-electron chi connectivity index (χ0n) is 12.3. The number of anilines is 1. The number of benzene rings is 2. The molecular weight excluding hydrogens is 276 g/mol. The van der Waals surface area contributed by atoms with Gasteiger partial charge >= 0.3 is 0 Å². The van der Waals surface area contributed by atoms with Crippen LogP contribution in [-0.2, 0) is 17.8 Å². The molecule has 0 saturated carbocycles. The fraction of sp³-hybridized carbons (Fsp3) is 0.278. The zero-order valence-corrected chi connectivity index (χ0v) is 12.3. The minimum absolute atomic E-state index is 0.0662. The molecule has 1 unspecified atom stereocenters. The highest BCUT2D eigenvalue weighted by Gasteiger charge is 2.31. The predicted molar refractivity (Wildman–Crippen MR) is 84.9 cm³/mol. The Hall–Kier alpha value is -2.49. The number of ether oxygens (including phenoxy) is 1. The van der Waals surface area contributed by atoms with Crippen molar-refractivity contribution in [3.05, 3.63) is 59.7 Å². The first-order valence-corrected chi connectivity index (χ1v) is 7.66. The van der Waals surface area contributed by atoms with Gasteiger partial charge in [0.15, 0.2) is 6.10 Å². The standard InChI is InChI=1S/C18H18N2O2/c21-18(17-11-19-15-7-3-4-8-16(15)22-17)20-10-9-13-5-1-2-6-14(13)12-20/h1-8,17,19H,9-12H2. The van der Waals surface area contributed by atoms with E-state index in [4.69, 9.17) is 4.74 Å². The highest BCUT2D eigenvalue weighted by molar-refractivity contribution is 5.83. The number of nitrogens with one attached hydrogen (secondary N) is 1. The van der Waals surface area contributed by atoms with Crippen LogP contribution in [0.5, 0.6) is 5.75 Å². The Bertz CT molecular complexity index is 654. The molecule has 0 saturated heterocycles. The van der Waals surface area contributed by atoms with E-state index >= 15 is 0 Å². The van der Waals surface area contributed by atoms with Crippen LogP contribution in [-0.4, -0.2) is 30.0 Å². The van der Waals surface area contributed by atoms with E-state index in [1.807, 2.05) is 35.2 Å². The van der Waals surface area contributed by atoms with Crippen molar-refractivity contribution in [3.63, 3.8) is 0 Å². The third-order valence-corrected chi connectivity index (χ3v) is 4.35. The number of nitrogens with zero attached hydrogens (tertiary/aromatic N) is 1. The molecule has 4 nitrogen and oxygen atoms in total. The molecule has 4 heteroatoms. The monoisotopic (exact) mass is 294 g/mol. The molecule has 1 amide bonds. The van der Waals surface area contributed by atoms with Crippen molar-refractivity contribution in [2.45, 2.75) is 19.1 Å². The number of amides is 1. The lowest BCUT2D eigenvalue weighted by Crippen LogP contribution is -2.48. The number of fused-ring (bicyclic) bond motifs is 2. The second-order valence-electron chi connectivity index (χ2n) is 5.76. The van der Waals surface area contributed by atoms with Gasteiger partial charge in [-0.2, -0.15) is 0 Å². The van der Waals surface area contributed by atoms with Gasteiger partial charge in [-0.15, -0.1) is 0 Å². The summed E-state index contributed by atoms with van der Waals surface area (Å²) in [7, 11) is 0. The largest absolute Gasteiger partial charge is 0.477 e. The first-order valence-electron chi connectivity index (χ1n) is 7.66. The van der Waals surface area contributed by atoms with Gasteiger partial charge in [-0.25, -0.2) is 0 Å². The van der Waals surface area contributed by atoms with Crippen LogP contribution in [0.4, 0.5) is 5.69 Å². The van der Waals surface area contributed by atoms with Gasteiger partial charge in [0.2, 0.25) is 0 Å². The lowest BCUT2D eigenvalue weighted by atomic mass is 9.99. The molecular formula is C18H18N2O2. The molecule has 2 heterocycles. The Balaban J connectivity index is 1.50. The molecule has 2 aromatic carbocycles. The molecule has 4 rings (SSSR count). The highest BCUT2D eigenvalue weighted by atomic mass is 16.5. The lowest BCUT2D eigenvalue weighted by molar-refractivity contribution is -0.139. The van der Waals surface area contributed by atoms with Gasteiger partial charge in [-0.3, -0.25) is 4.79 Å². The fourth-order valence-electron chi connectivity index (χ4n) is 3.14. The fourth-order valence-corrected chi connectivity index (χ4v) is 3.14. The van der Waals surface area contributed by atoms with Crippen LogP contribution in [0.15, 0.2) is 48.5 Å². The number of hydrogen-bond donors (Lipinski definition) is 1. The normalized spacial score (nSPS) is 19.5. The van der Waals surface area contributed by atoms with E-state index in [9.17, 15) is 4.79 Å². The molecule has 2 aliphatic rings. The Morgan fingerprint density at radius 2 is 1.86 bits per heavy atom. The summed E-state index contributed by atoms with van der Waals surface area (Å²) in [6.07, 6.45) is 0.471. The van der Waals surface area contributed by atoms with E-state index in [0.717, 1.165) is 24.4 Å². The minimum atomic E-state index is -0.444. The van der Waals surface area contributed by atoms with Gasteiger partial charge in [-0.1, -0.05) is 36.4 Å². The van der Waals surface area contributed by atoms with Gasteiger partial charge in [-0.05, 0) is 29.7 Å². The summed E-state index contributed by atoms with van der Waals surface area (Å²) in [4.78, 5) is 14.6. The maximum absolute atomic E-state index is 12.7. The van der Waals surface area contributed by atoms with Crippen molar-refractivity contribution >= 4 is 11.6 Å². The summed E-state index contributed by atoms with van der Waals surface area (Å²) in [5.41, 5.74) is 3.54. The Morgan fingerprint density at radius 3 is 2.77 bits per heavy atom. The van der Waals surface area contributed by atoms with Gasteiger partial charge in [0.1, 0.15) is 5.75 Å². The quantitative estimate of drug-likeness (QED) is 0.878. The van der Waals surface area contributed by atoms with Crippen molar-refractivity contribution in [2.75, 3.05) is 18.4 Å². The molecule has 1 N–H and O–H groups in total. The molecule has 0 spiro atoms. The molecule has 0 radical (unpaired) electrons. The van der Waals surface area contributed by atoms with Crippen molar-refractivity contribution in [1.29, 1.82) is 0 Å². The predicted octanol–water partition coefficient (Wildman–Crippen LogP) is 2.44. The van der Waals surface area contributed by atoms with Crippen LogP contribution in [0.3, 0.4) is 0 Å². The van der Waals surface area contributed by atoms with Crippen LogP contribution in [0.25, 0.3) is 0 Å². The molecule has 0 fully saturated rings. The number of carbonyl (C=O) groups is 1. The van der Waals surface area contributed by atoms with E-state index < -0.39 is 6.10 Å². The number of para-hydroxylation sites is 2. The van der Waals surface area contributed by atoms with Gasteiger partial charge < -0.3 is 15.0 Å². The summed E-state index contributed by atoms with van der Waals surface area (Å²) >= 11 is 0. The summed E-state index contributed by atoms with van der Waals surface area (Å²) < 4.78 is 5.88. The van der Waals surface area contributed by atoms with Gasteiger partial charge in [0, 0.05) is 13.1 Å². The van der Waals surface area contributed by atoms with Crippen LogP contribution in [0.2, 0.25) is 0 Å². The van der Waals surface area contributed by atoms with E-state index in [2.05, 4.69) is 23.5 Å². The SMILES string of the molecule is O=C(C1CNc2ccccc2O1)N1CCc2ccccc2C1. The molecule has 2 aromatic rings. The van der Waals surface area contributed by atoms with Gasteiger partial charge in [0.05, 0.1) is 12.2 Å². The molecule has 0 aliphatic carbocycles. The number of hydrogen-bond acceptors (Lipinski definition) is 3. The summed E-state index contributed by atoms with van der Waals surface area (Å²) in [5, 5.41) is 3.28. The van der Waals surface area contributed by atoms with Gasteiger partial charge in [0.25, 0.3) is 5.91 Å². The van der Waals surface area contributed by atoms with E-state index in [1.165, 1.54) is 11.1 Å². The second kappa shape index (κ2) is 5.37. The first-order chi connectivity index (χ1) is 10.8. The molecule has 1 atom stereocenters. The van der Waals surface area contributed by atoms with Crippen molar-refractivity contribution < 1.29 is 9.53 Å². The van der Waals surface area contributed by atoms with E-state index in [0.29, 0.717) is 13.1 Å². The Morgan fingerprint density at radius 1 is 1.09 bits per heavy atom. The molecule has 112 valence electrons. The lowest BCUT2D eigenvalue weighted by Gasteiger charge is -2.34. The molecule has 0 bridgehead atoms. The smallest absolute Gasteiger partial charge is 0.265 e. The number of carbonyl (C=O) groups excluding carboxylic acids is 1. The molecule has 2 aliphatic heterocycles. The average molecular weight is 294 g/mol. The van der Waals surface area contributed by atoms with Crippen LogP contribution < -0.4 is 10.1 Å². The van der Waals surface area contributed by atoms with Crippen LogP contribution in [0, 0.1) is 0 Å². The van der Waals surface area contributed by atoms with Crippen molar-refractivity contribution in [2.24, 2.45) is 0 Å². The maximum atomic E-state index is 12.7. The summed E-state index contributed by atoms with van der Waals surface area (Å²) in [6.45, 7) is 1.96. The van der Waals surface area contributed by atoms with Crippen LogP contribution in [0.1, 0.15) is 11.1 Å². The topological polar surface area (TPSA) is 41.6 Å². The van der Waals surface area contributed by atoms with Crippen molar-refractivity contribution in [1.82, 2.24) is 4.90 Å². The zero-order chi connectivity index (χ0) is 14.9. The number of rotatable bonds is 1. The second-order valence-corrected chi connectivity index (χ2v) is 5.76. The van der Waals surface area contributed by atoms with E-state index in [-0.39, 0.29) is 5.91 Å². The molecule has 0 aromatic heterocycles. The Kier molecular flexibility index (Phi) is 3.22. The van der Waals surface area contributed by atoms with E-state index in [1.54, 1.807) is 0 Å². The third kappa shape index (κ3) is 2.30. The maximum Gasteiger partial charge on any atom is 0.265 e. The summed E-state index contributed by atoms with van der Waals surface area (Å²) in [5.74, 6) is 0.820. The molecule has 22 heavy (non-hydrogen) atoms. The third-order valence-electron chi connectivity index (χ3n) is 4.35. The van der Waals surface area contributed by atoms with Crippen LogP contribution >= 0.6 is 0 Å².